The van der Waals surface area contributed by atoms with Gasteiger partial charge in [-0.3, -0.25) is 0 Å². The van der Waals surface area contributed by atoms with Crippen molar-refractivity contribution >= 4 is 0 Å². The molecule has 21 heavy (non-hydrogen) atoms. The van der Waals surface area contributed by atoms with E-state index in [2.05, 4.69) is 0 Å². The maximum Gasteiger partial charge on any atom is 0.123 e. The van der Waals surface area contributed by atoms with E-state index >= 15 is 0 Å². The Kier molecular flexibility index (Phi) is 4.63. The summed E-state index contributed by atoms with van der Waals surface area (Å²) in [6.45, 7) is 3.67. The van der Waals surface area contributed by atoms with Crippen LogP contribution in [-0.2, 0) is 12.8 Å². The Balaban J connectivity index is 2.10. The molecule has 1 N–H and O–H groups in total. The minimum atomic E-state index is -0.878. The van der Waals surface area contributed by atoms with Crippen LogP contribution in [0.5, 0.6) is 5.75 Å². The Bertz CT molecular complexity index is 603. The highest BCUT2D eigenvalue weighted by atomic mass is 19.1. The summed E-state index contributed by atoms with van der Waals surface area (Å²) in [4.78, 5) is 0. The minimum absolute atomic E-state index is 0.244. The van der Waals surface area contributed by atoms with Crippen LogP contribution in [0.1, 0.15) is 23.6 Å². The first-order chi connectivity index (χ1) is 9.89. The van der Waals surface area contributed by atoms with Crippen molar-refractivity contribution in [2.24, 2.45) is 0 Å². The lowest BCUT2D eigenvalue weighted by Crippen LogP contribution is -2.30. The van der Waals surface area contributed by atoms with Crippen molar-refractivity contribution in [3.63, 3.8) is 0 Å². The van der Waals surface area contributed by atoms with Crippen molar-refractivity contribution < 1.29 is 14.2 Å². The van der Waals surface area contributed by atoms with Gasteiger partial charge in [-0.25, -0.2) is 4.39 Å². The summed E-state index contributed by atoms with van der Waals surface area (Å²) in [7, 11) is 1.63. The molecular formula is C18H21FO2. The summed E-state index contributed by atoms with van der Waals surface area (Å²) in [5.74, 6) is 0.554. The number of benzene rings is 2. The predicted octanol–water partition coefficient (Wildman–Crippen LogP) is 3.68. The van der Waals surface area contributed by atoms with Crippen LogP contribution in [0.15, 0.2) is 42.5 Å². The molecule has 2 rings (SSSR count). The first kappa shape index (κ1) is 15.5. The molecule has 0 spiro atoms. The molecule has 0 radical (unpaired) electrons. The van der Waals surface area contributed by atoms with Gasteiger partial charge in [-0.05, 0) is 54.8 Å². The summed E-state index contributed by atoms with van der Waals surface area (Å²) < 4.78 is 18.2. The normalized spacial score (nSPS) is 13.8. The van der Waals surface area contributed by atoms with Gasteiger partial charge in [0, 0.05) is 12.8 Å². The molecule has 0 fully saturated rings. The Labute approximate surface area is 125 Å². The zero-order valence-corrected chi connectivity index (χ0v) is 12.7. The van der Waals surface area contributed by atoms with Crippen LogP contribution in [0.2, 0.25) is 0 Å². The summed E-state index contributed by atoms with van der Waals surface area (Å²) in [6, 6.07) is 12.3. The van der Waals surface area contributed by atoms with Crippen molar-refractivity contribution in [1.29, 1.82) is 0 Å². The van der Waals surface area contributed by atoms with E-state index in [0.717, 1.165) is 22.4 Å². The van der Waals surface area contributed by atoms with Crippen molar-refractivity contribution in [1.82, 2.24) is 0 Å². The van der Waals surface area contributed by atoms with Gasteiger partial charge >= 0.3 is 0 Å². The average Bonchev–Trinajstić information content (AvgIpc) is 2.42. The van der Waals surface area contributed by atoms with Gasteiger partial charge in [-0.1, -0.05) is 18.2 Å². The third kappa shape index (κ3) is 4.30. The maximum atomic E-state index is 13.1. The molecule has 3 heteroatoms. The van der Waals surface area contributed by atoms with Crippen LogP contribution in [0.4, 0.5) is 4.39 Å². The highest BCUT2D eigenvalue weighted by Crippen LogP contribution is 2.22. The molecule has 2 aromatic carbocycles. The second kappa shape index (κ2) is 6.27. The molecule has 2 nitrogen and oxygen atoms in total. The molecule has 0 heterocycles. The fourth-order valence-electron chi connectivity index (χ4n) is 2.51. The Morgan fingerprint density at radius 3 is 2.33 bits per heavy atom. The smallest absolute Gasteiger partial charge is 0.123 e. The number of aliphatic hydroxyl groups is 1. The molecule has 2 aromatic rings. The molecule has 0 saturated carbocycles. The zero-order valence-electron chi connectivity index (χ0n) is 12.7. The van der Waals surface area contributed by atoms with Gasteiger partial charge < -0.3 is 9.84 Å². The van der Waals surface area contributed by atoms with Crippen LogP contribution in [0.25, 0.3) is 0 Å². The van der Waals surface area contributed by atoms with Crippen molar-refractivity contribution in [2.75, 3.05) is 7.11 Å². The molecule has 0 aliphatic carbocycles. The SMILES string of the molecule is COc1ccc(CC(C)(O)Cc2ccc(F)cc2C)cc1. The van der Waals surface area contributed by atoms with Gasteiger partial charge in [-0.2, -0.15) is 0 Å². The fourth-order valence-corrected chi connectivity index (χ4v) is 2.51. The number of aryl methyl sites for hydroxylation is 1. The standard InChI is InChI=1S/C18H21FO2/c1-13-10-16(19)7-6-15(13)12-18(2,20)11-14-4-8-17(21-3)9-5-14/h4-10,20H,11-12H2,1-3H3. The quantitative estimate of drug-likeness (QED) is 0.909. The van der Waals surface area contributed by atoms with E-state index in [1.54, 1.807) is 20.1 Å². The highest BCUT2D eigenvalue weighted by molar-refractivity contribution is 5.30. The molecule has 0 aliphatic rings. The van der Waals surface area contributed by atoms with Crippen LogP contribution in [0, 0.1) is 12.7 Å². The van der Waals surface area contributed by atoms with Gasteiger partial charge in [0.2, 0.25) is 0 Å². The summed E-state index contributed by atoms with van der Waals surface area (Å²) in [5.41, 5.74) is 2.00. The fraction of sp³-hybridized carbons (Fsp3) is 0.333. The monoisotopic (exact) mass is 288 g/mol. The molecule has 0 bridgehead atoms. The van der Waals surface area contributed by atoms with Crippen LogP contribution in [-0.4, -0.2) is 17.8 Å². The largest absolute Gasteiger partial charge is 0.497 e. The van der Waals surface area contributed by atoms with Gasteiger partial charge in [0.1, 0.15) is 11.6 Å². The van der Waals surface area contributed by atoms with Crippen LogP contribution in [0.3, 0.4) is 0 Å². The number of methoxy groups -OCH3 is 1. The topological polar surface area (TPSA) is 29.5 Å². The Morgan fingerprint density at radius 1 is 1.10 bits per heavy atom. The second-order valence-corrected chi connectivity index (χ2v) is 5.77. The first-order valence-electron chi connectivity index (χ1n) is 7.00. The summed E-state index contributed by atoms with van der Waals surface area (Å²) >= 11 is 0. The molecule has 0 amide bonds. The molecule has 1 atom stereocenters. The van der Waals surface area contributed by atoms with Gasteiger partial charge in [-0.15, -0.1) is 0 Å². The van der Waals surface area contributed by atoms with Crippen molar-refractivity contribution in [2.45, 2.75) is 32.3 Å². The van der Waals surface area contributed by atoms with Gasteiger partial charge in [0.25, 0.3) is 0 Å². The van der Waals surface area contributed by atoms with Crippen molar-refractivity contribution in [3.05, 3.63) is 65.0 Å². The lowest BCUT2D eigenvalue weighted by atomic mass is 9.88. The van der Waals surface area contributed by atoms with E-state index in [0.29, 0.717) is 12.8 Å². The third-order valence-corrected chi connectivity index (χ3v) is 3.62. The molecule has 0 aromatic heterocycles. The average molecular weight is 288 g/mol. The molecule has 0 aliphatic heterocycles. The molecule has 1 unspecified atom stereocenters. The lowest BCUT2D eigenvalue weighted by molar-refractivity contribution is 0.0606. The first-order valence-corrected chi connectivity index (χ1v) is 7.00. The summed E-state index contributed by atoms with van der Waals surface area (Å²) in [5, 5.41) is 10.6. The number of hydrogen-bond donors (Lipinski definition) is 1. The summed E-state index contributed by atoms with van der Waals surface area (Å²) in [6.07, 6.45) is 1.03. The van der Waals surface area contributed by atoms with Crippen LogP contribution >= 0.6 is 0 Å². The zero-order chi connectivity index (χ0) is 15.5. The van der Waals surface area contributed by atoms with E-state index < -0.39 is 5.60 Å². The van der Waals surface area contributed by atoms with Crippen molar-refractivity contribution in [3.8, 4) is 5.75 Å². The number of ether oxygens (including phenoxy) is 1. The minimum Gasteiger partial charge on any atom is -0.497 e. The Morgan fingerprint density at radius 2 is 1.76 bits per heavy atom. The van der Waals surface area contributed by atoms with Gasteiger partial charge in [0.15, 0.2) is 0 Å². The van der Waals surface area contributed by atoms with E-state index in [4.69, 9.17) is 4.74 Å². The lowest BCUT2D eigenvalue weighted by Gasteiger charge is -2.24. The number of hydrogen-bond acceptors (Lipinski definition) is 2. The van der Waals surface area contributed by atoms with E-state index in [1.165, 1.54) is 12.1 Å². The van der Waals surface area contributed by atoms with E-state index in [9.17, 15) is 9.50 Å². The second-order valence-electron chi connectivity index (χ2n) is 5.77. The predicted molar refractivity (Wildman–Crippen MR) is 82.2 cm³/mol. The van der Waals surface area contributed by atoms with Crippen LogP contribution < -0.4 is 4.74 Å². The van der Waals surface area contributed by atoms with Gasteiger partial charge in [0.05, 0.1) is 12.7 Å². The van der Waals surface area contributed by atoms with E-state index in [-0.39, 0.29) is 5.82 Å². The number of halogens is 1. The molecular weight excluding hydrogens is 267 g/mol. The van der Waals surface area contributed by atoms with E-state index in [1.807, 2.05) is 31.2 Å². The Hall–Kier alpha value is -1.87. The molecule has 0 saturated heterocycles. The number of rotatable bonds is 5. The maximum absolute atomic E-state index is 13.1. The molecule has 112 valence electrons. The highest BCUT2D eigenvalue weighted by Gasteiger charge is 2.22. The third-order valence-electron chi connectivity index (χ3n) is 3.62.